The molecule has 0 aliphatic rings. The number of imidazole rings is 1. The lowest BCUT2D eigenvalue weighted by atomic mass is 10.4. The van der Waals surface area contributed by atoms with E-state index >= 15 is 0 Å². The Balaban J connectivity index is 2.18. The summed E-state index contributed by atoms with van der Waals surface area (Å²) in [7, 11) is 0. The van der Waals surface area contributed by atoms with Gasteiger partial charge in [0.1, 0.15) is 12.1 Å². The highest BCUT2D eigenvalue weighted by atomic mass is 16.4. The Morgan fingerprint density at radius 2 is 2.31 bits per heavy atom. The minimum Gasteiger partial charge on any atom is -0.431 e. The highest BCUT2D eigenvalue weighted by Crippen LogP contribution is 2.10. The zero-order chi connectivity index (χ0) is 11.4. The van der Waals surface area contributed by atoms with Gasteiger partial charge in [-0.15, -0.1) is 0 Å². The molecule has 2 aromatic heterocycles. The normalized spacial score (nSPS) is 10.9. The molecule has 0 spiro atoms. The third kappa shape index (κ3) is 2.14. The molecule has 5 nitrogen and oxygen atoms in total. The standard InChI is InChI=1S/C11H16N4O/c1-3-10-13-5-6-15(10)11-14-9(8-16-11)7-12-4-2/h5-6,8,12H,3-4,7H2,1-2H3. The van der Waals surface area contributed by atoms with Gasteiger partial charge in [0.25, 0.3) is 0 Å². The largest absolute Gasteiger partial charge is 0.431 e. The van der Waals surface area contributed by atoms with Crippen LogP contribution in [0.15, 0.2) is 23.1 Å². The van der Waals surface area contributed by atoms with Gasteiger partial charge in [0.2, 0.25) is 0 Å². The quantitative estimate of drug-likeness (QED) is 0.830. The summed E-state index contributed by atoms with van der Waals surface area (Å²) in [5.41, 5.74) is 0.910. The van der Waals surface area contributed by atoms with Crippen LogP contribution in [0.1, 0.15) is 25.4 Å². The Morgan fingerprint density at radius 1 is 1.44 bits per heavy atom. The van der Waals surface area contributed by atoms with Gasteiger partial charge in [-0.3, -0.25) is 4.57 Å². The Hall–Kier alpha value is -1.62. The third-order valence-electron chi connectivity index (χ3n) is 2.34. The van der Waals surface area contributed by atoms with Crippen molar-refractivity contribution in [3.63, 3.8) is 0 Å². The van der Waals surface area contributed by atoms with E-state index in [0.717, 1.165) is 31.0 Å². The number of hydrogen-bond donors (Lipinski definition) is 1. The fourth-order valence-electron chi connectivity index (χ4n) is 1.51. The molecule has 0 atom stereocenters. The van der Waals surface area contributed by atoms with Crippen LogP contribution in [0.4, 0.5) is 0 Å². The first-order valence-corrected chi connectivity index (χ1v) is 5.52. The van der Waals surface area contributed by atoms with Crippen LogP contribution in [0.3, 0.4) is 0 Å². The molecule has 0 fully saturated rings. The maximum Gasteiger partial charge on any atom is 0.307 e. The maximum absolute atomic E-state index is 5.42. The highest BCUT2D eigenvalue weighted by molar-refractivity contribution is 5.14. The van der Waals surface area contributed by atoms with E-state index < -0.39 is 0 Å². The fourth-order valence-corrected chi connectivity index (χ4v) is 1.51. The van der Waals surface area contributed by atoms with Crippen molar-refractivity contribution in [2.75, 3.05) is 6.54 Å². The van der Waals surface area contributed by atoms with Gasteiger partial charge < -0.3 is 9.73 Å². The van der Waals surface area contributed by atoms with Crippen molar-refractivity contribution >= 4 is 0 Å². The van der Waals surface area contributed by atoms with Crippen molar-refractivity contribution in [1.29, 1.82) is 0 Å². The molecule has 16 heavy (non-hydrogen) atoms. The summed E-state index contributed by atoms with van der Waals surface area (Å²) in [6, 6.07) is 0.585. The molecule has 5 heteroatoms. The Bertz CT molecular complexity index is 446. The number of aromatic nitrogens is 3. The minimum atomic E-state index is 0.585. The molecular formula is C11H16N4O. The molecule has 0 amide bonds. The van der Waals surface area contributed by atoms with Crippen LogP contribution >= 0.6 is 0 Å². The molecule has 0 aliphatic carbocycles. The Labute approximate surface area is 94.5 Å². The smallest absolute Gasteiger partial charge is 0.307 e. The predicted octanol–water partition coefficient (Wildman–Crippen LogP) is 1.53. The molecule has 0 radical (unpaired) electrons. The zero-order valence-electron chi connectivity index (χ0n) is 9.60. The zero-order valence-corrected chi connectivity index (χ0v) is 9.60. The molecule has 0 saturated heterocycles. The number of hydrogen-bond acceptors (Lipinski definition) is 4. The predicted molar refractivity (Wildman–Crippen MR) is 60.4 cm³/mol. The lowest BCUT2D eigenvalue weighted by Crippen LogP contribution is -2.12. The number of nitrogens with one attached hydrogen (secondary N) is 1. The van der Waals surface area contributed by atoms with E-state index in [4.69, 9.17) is 4.42 Å². The maximum atomic E-state index is 5.42. The van der Waals surface area contributed by atoms with Gasteiger partial charge in [-0.25, -0.2) is 4.98 Å². The van der Waals surface area contributed by atoms with Crippen molar-refractivity contribution < 1.29 is 4.42 Å². The van der Waals surface area contributed by atoms with Gasteiger partial charge in [-0.1, -0.05) is 13.8 Å². The molecule has 0 bridgehead atoms. The van der Waals surface area contributed by atoms with Crippen LogP contribution in [0.25, 0.3) is 6.01 Å². The van der Waals surface area contributed by atoms with Crippen LogP contribution in [0.5, 0.6) is 0 Å². The monoisotopic (exact) mass is 220 g/mol. The summed E-state index contributed by atoms with van der Waals surface area (Å²) in [6.45, 7) is 5.77. The van der Waals surface area contributed by atoms with E-state index in [1.54, 1.807) is 12.5 Å². The molecule has 0 unspecified atom stereocenters. The fraction of sp³-hybridized carbons (Fsp3) is 0.455. The van der Waals surface area contributed by atoms with Gasteiger partial charge >= 0.3 is 6.01 Å². The van der Waals surface area contributed by atoms with Crippen molar-refractivity contribution in [2.45, 2.75) is 26.8 Å². The number of oxazole rings is 1. The second kappa shape index (κ2) is 4.94. The van der Waals surface area contributed by atoms with E-state index in [-0.39, 0.29) is 0 Å². The van der Waals surface area contributed by atoms with Crippen molar-refractivity contribution in [1.82, 2.24) is 19.9 Å². The van der Waals surface area contributed by atoms with Crippen LogP contribution in [0.2, 0.25) is 0 Å². The molecule has 0 aromatic carbocycles. The van der Waals surface area contributed by atoms with E-state index in [2.05, 4.69) is 29.1 Å². The molecule has 2 heterocycles. The topological polar surface area (TPSA) is 55.9 Å². The van der Waals surface area contributed by atoms with Crippen molar-refractivity contribution in [3.05, 3.63) is 30.2 Å². The molecule has 86 valence electrons. The Morgan fingerprint density at radius 3 is 3.06 bits per heavy atom. The summed E-state index contributed by atoms with van der Waals surface area (Å²) >= 11 is 0. The van der Waals surface area contributed by atoms with E-state index in [1.807, 2.05) is 10.8 Å². The van der Waals surface area contributed by atoms with Gasteiger partial charge in [-0.2, -0.15) is 4.98 Å². The number of aryl methyl sites for hydroxylation is 1. The average molecular weight is 220 g/mol. The second-order valence-corrected chi connectivity index (χ2v) is 3.47. The molecule has 2 rings (SSSR count). The summed E-state index contributed by atoms with van der Waals surface area (Å²) in [5.74, 6) is 0.955. The Kier molecular flexibility index (Phi) is 3.36. The highest BCUT2D eigenvalue weighted by Gasteiger charge is 2.08. The van der Waals surface area contributed by atoms with Gasteiger partial charge in [0.05, 0.1) is 5.69 Å². The lowest BCUT2D eigenvalue weighted by molar-refractivity contribution is 0.520. The summed E-state index contributed by atoms with van der Waals surface area (Å²) in [5, 5.41) is 3.20. The summed E-state index contributed by atoms with van der Waals surface area (Å²) < 4.78 is 7.29. The first kappa shape index (κ1) is 10.9. The first-order valence-electron chi connectivity index (χ1n) is 5.52. The first-order chi connectivity index (χ1) is 7.85. The SMILES string of the molecule is CCNCc1coc(-n2ccnc2CC)n1. The van der Waals surface area contributed by atoms with Gasteiger partial charge in [-0.05, 0) is 6.54 Å². The van der Waals surface area contributed by atoms with Crippen LogP contribution in [0, 0.1) is 0 Å². The van der Waals surface area contributed by atoms with Gasteiger partial charge in [0, 0.05) is 25.4 Å². The minimum absolute atomic E-state index is 0.585. The van der Waals surface area contributed by atoms with E-state index in [1.165, 1.54) is 0 Å². The molecule has 0 aliphatic heterocycles. The second-order valence-electron chi connectivity index (χ2n) is 3.47. The van der Waals surface area contributed by atoms with Gasteiger partial charge in [0.15, 0.2) is 0 Å². The van der Waals surface area contributed by atoms with Crippen LogP contribution in [-0.2, 0) is 13.0 Å². The van der Waals surface area contributed by atoms with Crippen LogP contribution in [-0.4, -0.2) is 21.1 Å². The lowest BCUT2D eigenvalue weighted by Gasteiger charge is -1.99. The molecule has 0 saturated carbocycles. The average Bonchev–Trinajstić information content (AvgIpc) is 2.94. The number of rotatable bonds is 5. The molecular weight excluding hydrogens is 204 g/mol. The number of nitrogens with zero attached hydrogens (tertiary/aromatic N) is 3. The summed E-state index contributed by atoms with van der Waals surface area (Å²) in [4.78, 5) is 8.62. The van der Waals surface area contributed by atoms with Crippen LogP contribution < -0.4 is 5.32 Å². The van der Waals surface area contributed by atoms with E-state index in [9.17, 15) is 0 Å². The molecule has 2 aromatic rings. The van der Waals surface area contributed by atoms with E-state index in [0.29, 0.717) is 6.01 Å². The van der Waals surface area contributed by atoms with Crippen molar-refractivity contribution in [2.24, 2.45) is 0 Å². The summed E-state index contributed by atoms with van der Waals surface area (Å²) in [6.07, 6.45) is 6.16. The third-order valence-corrected chi connectivity index (χ3v) is 2.34. The van der Waals surface area contributed by atoms with Crippen molar-refractivity contribution in [3.8, 4) is 6.01 Å². The molecule has 1 N–H and O–H groups in total.